The molecular formula is C16H10N6O. The van der Waals surface area contributed by atoms with E-state index in [9.17, 15) is 10.4 Å². The van der Waals surface area contributed by atoms with Crippen molar-refractivity contribution in [3.8, 4) is 34.5 Å². The number of aromatic nitrogens is 5. The predicted molar refractivity (Wildman–Crippen MR) is 83.3 cm³/mol. The van der Waals surface area contributed by atoms with E-state index in [1.54, 1.807) is 42.9 Å². The number of nitrogens with one attached hydrogen (secondary N) is 2. The maximum atomic E-state index is 9.70. The quantitative estimate of drug-likeness (QED) is 0.526. The number of phenolic OH excluding ortho intramolecular Hbond substituents is 1. The fourth-order valence-corrected chi connectivity index (χ4v) is 2.55. The molecule has 0 radical (unpaired) electrons. The summed E-state index contributed by atoms with van der Waals surface area (Å²) in [7, 11) is 0. The van der Waals surface area contributed by atoms with E-state index in [4.69, 9.17) is 0 Å². The molecule has 0 spiro atoms. The molecule has 0 fully saturated rings. The molecule has 3 N–H and O–H groups in total. The predicted octanol–water partition coefficient (Wildman–Crippen LogP) is 2.59. The van der Waals surface area contributed by atoms with Crippen molar-refractivity contribution in [1.29, 1.82) is 5.26 Å². The molecule has 7 nitrogen and oxygen atoms in total. The zero-order valence-electron chi connectivity index (χ0n) is 11.8. The molecule has 7 heteroatoms. The Kier molecular flexibility index (Phi) is 2.81. The zero-order chi connectivity index (χ0) is 15.8. The summed E-state index contributed by atoms with van der Waals surface area (Å²) in [6.07, 6.45) is 4.95. The third-order valence-corrected chi connectivity index (χ3v) is 3.59. The highest BCUT2D eigenvalue weighted by atomic mass is 16.3. The number of nitriles is 1. The number of aromatic amines is 2. The van der Waals surface area contributed by atoms with Crippen molar-refractivity contribution in [2.75, 3.05) is 0 Å². The lowest BCUT2D eigenvalue weighted by Gasteiger charge is -2.09. The summed E-state index contributed by atoms with van der Waals surface area (Å²) in [5, 5.41) is 26.7. The van der Waals surface area contributed by atoms with E-state index < -0.39 is 0 Å². The van der Waals surface area contributed by atoms with Gasteiger partial charge in [0, 0.05) is 23.5 Å². The summed E-state index contributed by atoms with van der Waals surface area (Å²) in [6, 6.07) is 8.77. The number of nitrogens with zero attached hydrogens (tertiary/aromatic N) is 4. The maximum Gasteiger partial charge on any atom is 0.156 e. The Morgan fingerprint density at radius 3 is 2.70 bits per heavy atom. The van der Waals surface area contributed by atoms with Gasteiger partial charge in [-0.3, -0.25) is 5.10 Å². The van der Waals surface area contributed by atoms with Crippen LogP contribution in [-0.2, 0) is 0 Å². The van der Waals surface area contributed by atoms with Crippen molar-refractivity contribution in [2.45, 2.75) is 0 Å². The third kappa shape index (κ3) is 2.01. The molecule has 3 aromatic heterocycles. The topological polar surface area (TPSA) is 114 Å². The van der Waals surface area contributed by atoms with Gasteiger partial charge in [0.15, 0.2) is 5.65 Å². The SMILES string of the molecule is N#Cc1c(-c2ccc(O)cc2)nc2[nH]ncc2c1-c1ncc[nH]1. The summed E-state index contributed by atoms with van der Waals surface area (Å²) in [4.78, 5) is 11.8. The Hall–Kier alpha value is -3.66. The summed E-state index contributed by atoms with van der Waals surface area (Å²) in [5.41, 5.74) is 2.86. The second-order valence-electron chi connectivity index (χ2n) is 4.94. The number of hydrogen-bond acceptors (Lipinski definition) is 5. The van der Waals surface area contributed by atoms with Crippen molar-refractivity contribution < 1.29 is 5.11 Å². The second-order valence-corrected chi connectivity index (χ2v) is 4.94. The lowest BCUT2D eigenvalue weighted by Crippen LogP contribution is -1.96. The molecule has 3 heterocycles. The number of benzene rings is 1. The first-order valence-electron chi connectivity index (χ1n) is 6.84. The van der Waals surface area contributed by atoms with Crippen LogP contribution < -0.4 is 0 Å². The van der Waals surface area contributed by atoms with Crippen molar-refractivity contribution >= 4 is 11.0 Å². The molecule has 0 atom stereocenters. The van der Waals surface area contributed by atoms with Gasteiger partial charge in [0.1, 0.15) is 17.6 Å². The average molecular weight is 302 g/mol. The summed E-state index contributed by atoms with van der Waals surface area (Å²) in [6.45, 7) is 0. The first-order chi connectivity index (χ1) is 11.3. The number of phenols is 1. The largest absolute Gasteiger partial charge is 0.508 e. The highest BCUT2D eigenvalue weighted by Gasteiger charge is 2.20. The average Bonchev–Trinajstić information content (AvgIpc) is 3.25. The Morgan fingerprint density at radius 2 is 2.00 bits per heavy atom. The van der Waals surface area contributed by atoms with E-state index >= 15 is 0 Å². The Balaban J connectivity index is 2.09. The van der Waals surface area contributed by atoms with Crippen LogP contribution >= 0.6 is 0 Å². The van der Waals surface area contributed by atoms with Crippen molar-refractivity contribution in [1.82, 2.24) is 25.1 Å². The van der Waals surface area contributed by atoms with Crippen molar-refractivity contribution in [3.63, 3.8) is 0 Å². The number of H-pyrrole nitrogens is 2. The van der Waals surface area contributed by atoms with Gasteiger partial charge < -0.3 is 10.1 Å². The first-order valence-corrected chi connectivity index (χ1v) is 6.84. The van der Waals surface area contributed by atoms with Gasteiger partial charge in [-0.25, -0.2) is 9.97 Å². The molecule has 1 aromatic carbocycles. The van der Waals surface area contributed by atoms with Crippen LogP contribution in [0.4, 0.5) is 0 Å². The minimum absolute atomic E-state index is 0.154. The van der Waals surface area contributed by atoms with E-state index in [2.05, 4.69) is 31.2 Å². The van der Waals surface area contributed by atoms with Crippen LogP contribution in [0.3, 0.4) is 0 Å². The molecule has 4 aromatic rings. The molecule has 23 heavy (non-hydrogen) atoms. The van der Waals surface area contributed by atoms with Crippen LogP contribution in [0.1, 0.15) is 5.56 Å². The molecule has 0 bridgehead atoms. The van der Waals surface area contributed by atoms with E-state index in [0.29, 0.717) is 28.3 Å². The Morgan fingerprint density at radius 1 is 1.17 bits per heavy atom. The second kappa shape index (κ2) is 4.96. The molecule has 0 saturated heterocycles. The van der Waals surface area contributed by atoms with Crippen LogP contribution in [-0.4, -0.2) is 30.3 Å². The van der Waals surface area contributed by atoms with Gasteiger partial charge in [0.2, 0.25) is 0 Å². The summed E-state index contributed by atoms with van der Waals surface area (Å²) in [5.74, 6) is 0.733. The van der Waals surface area contributed by atoms with Gasteiger partial charge in [-0.15, -0.1) is 0 Å². The monoisotopic (exact) mass is 302 g/mol. The minimum atomic E-state index is 0.154. The molecule has 0 unspecified atom stereocenters. The van der Waals surface area contributed by atoms with Crippen LogP contribution in [0.5, 0.6) is 5.75 Å². The van der Waals surface area contributed by atoms with Gasteiger partial charge in [-0.1, -0.05) is 0 Å². The van der Waals surface area contributed by atoms with Gasteiger partial charge in [-0.2, -0.15) is 10.4 Å². The first kappa shape index (κ1) is 13.0. The van der Waals surface area contributed by atoms with E-state index in [-0.39, 0.29) is 5.75 Å². The number of fused-ring (bicyclic) bond motifs is 1. The number of rotatable bonds is 2. The molecular weight excluding hydrogens is 292 g/mol. The lowest BCUT2D eigenvalue weighted by molar-refractivity contribution is 0.475. The molecule has 110 valence electrons. The normalized spacial score (nSPS) is 10.7. The molecule has 0 aliphatic heterocycles. The van der Waals surface area contributed by atoms with Crippen LogP contribution in [0, 0.1) is 11.3 Å². The lowest BCUT2D eigenvalue weighted by atomic mass is 9.99. The number of aromatic hydroxyl groups is 1. The van der Waals surface area contributed by atoms with Crippen LogP contribution in [0.2, 0.25) is 0 Å². The fraction of sp³-hybridized carbons (Fsp3) is 0. The number of imidazole rings is 1. The Labute approximate surface area is 130 Å². The third-order valence-electron chi connectivity index (χ3n) is 3.59. The van der Waals surface area contributed by atoms with E-state index in [1.807, 2.05) is 0 Å². The zero-order valence-corrected chi connectivity index (χ0v) is 11.8. The number of pyridine rings is 1. The summed E-state index contributed by atoms with van der Waals surface area (Å²) >= 11 is 0. The fourth-order valence-electron chi connectivity index (χ4n) is 2.55. The number of hydrogen-bond donors (Lipinski definition) is 3. The molecule has 4 rings (SSSR count). The van der Waals surface area contributed by atoms with Gasteiger partial charge in [-0.05, 0) is 24.3 Å². The van der Waals surface area contributed by atoms with Crippen LogP contribution in [0.25, 0.3) is 33.7 Å². The molecule has 0 aliphatic carbocycles. The smallest absolute Gasteiger partial charge is 0.156 e. The minimum Gasteiger partial charge on any atom is -0.508 e. The molecule has 0 aliphatic rings. The van der Waals surface area contributed by atoms with Gasteiger partial charge >= 0.3 is 0 Å². The van der Waals surface area contributed by atoms with Gasteiger partial charge in [0.25, 0.3) is 0 Å². The highest BCUT2D eigenvalue weighted by molar-refractivity contribution is 5.97. The van der Waals surface area contributed by atoms with Crippen molar-refractivity contribution in [3.05, 3.63) is 48.4 Å². The maximum absolute atomic E-state index is 9.70. The van der Waals surface area contributed by atoms with Gasteiger partial charge in [0.05, 0.1) is 22.8 Å². The van der Waals surface area contributed by atoms with Crippen molar-refractivity contribution in [2.24, 2.45) is 0 Å². The van der Waals surface area contributed by atoms with E-state index in [0.717, 1.165) is 10.9 Å². The standard InChI is InChI=1S/C16H10N6O/c17-7-11-13(16-18-5-6-19-16)12-8-20-22-15(12)21-14(11)9-1-3-10(23)4-2-9/h1-6,8,23H,(H,18,19)(H,20,21,22). The Bertz CT molecular complexity index is 1030. The molecule has 0 saturated carbocycles. The van der Waals surface area contributed by atoms with Crippen LogP contribution in [0.15, 0.2) is 42.9 Å². The summed E-state index contributed by atoms with van der Waals surface area (Å²) < 4.78 is 0. The molecule has 0 amide bonds. The highest BCUT2D eigenvalue weighted by Crippen LogP contribution is 2.34. The van der Waals surface area contributed by atoms with E-state index in [1.165, 1.54) is 0 Å².